The molecule has 0 saturated carbocycles. The highest BCUT2D eigenvalue weighted by atomic mass is 16.5. The van der Waals surface area contributed by atoms with Gasteiger partial charge in [-0.3, -0.25) is 14.7 Å². The van der Waals surface area contributed by atoms with Crippen LogP contribution in [0.3, 0.4) is 0 Å². The van der Waals surface area contributed by atoms with Crippen molar-refractivity contribution in [2.24, 2.45) is 0 Å². The molecule has 2 aromatic rings. The number of fused-ring (bicyclic) bond motifs is 1. The summed E-state index contributed by atoms with van der Waals surface area (Å²) >= 11 is 0. The van der Waals surface area contributed by atoms with E-state index in [-0.39, 0.29) is 12.0 Å². The molecule has 5 heteroatoms. The molecule has 148 valence electrons. The van der Waals surface area contributed by atoms with Gasteiger partial charge in [0.1, 0.15) is 11.9 Å². The molecule has 4 rings (SSSR count). The number of likely N-dealkylation sites (tertiary alicyclic amines) is 1. The summed E-state index contributed by atoms with van der Waals surface area (Å²) in [6, 6.07) is 8.37. The molecule has 3 heterocycles. The van der Waals surface area contributed by atoms with E-state index >= 15 is 0 Å². The zero-order valence-corrected chi connectivity index (χ0v) is 16.9. The van der Waals surface area contributed by atoms with Crippen molar-refractivity contribution in [3.05, 3.63) is 42.2 Å². The van der Waals surface area contributed by atoms with Gasteiger partial charge in [-0.25, -0.2) is 0 Å². The van der Waals surface area contributed by atoms with Crippen LogP contribution in [0.25, 0.3) is 11.1 Å². The Hall–Kier alpha value is -2.40. The molecular weight excluding hydrogens is 350 g/mol. The van der Waals surface area contributed by atoms with Crippen molar-refractivity contribution in [1.29, 1.82) is 0 Å². The van der Waals surface area contributed by atoms with Crippen LogP contribution in [0.1, 0.15) is 38.2 Å². The molecule has 0 spiro atoms. The molecule has 28 heavy (non-hydrogen) atoms. The Labute approximate surface area is 167 Å². The molecule has 1 saturated heterocycles. The number of amides is 1. The lowest BCUT2D eigenvalue weighted by atomic mass is 9.97. The Morgan fingerprint density at radius 2 is 2.07 bits per heavy atom. The van der Waals surface area contributed by atoms with Crippen LogP contribution in [0, 0.1) is 0 Å². The molecule has 0 N–H and O–H groups in total. The van der Waals surface area contributed by atoms with Gasteiger partial charge in [0.15, 0.2) is 0 Å². The third kappa shape index (κ3) is 4.04. The van der Waals surface area contributed by atoms with Crippen LogP contribution in [0.2, 0.25) is 0 Å². The topological polar surface area (TPSA) is 45.7 Å². The standard InChI is InChI=1S/C23H29N3O2/c1-3-4-10-26-11-9-20(16-26)28-21-13-19(14-24-15-21)17-5-7-22-18(12-17)6-8-23(27)25(22)2/h5,7,12-15,20H,3-4,6,8-11,16H2,1-2H3. The highest BCUT2D eigenvalue weighted by Crippen LogP contribution is 2.32. The summed E-state index contributed by atoms with van der Waals surface area (Å²) in [5.41, 5.74) is 4.41. The van der Waals surface area contributed by atoms with Crippen LogP contribution in [0.15, 0.2) is 36.7 Å². The minimum absolute atomic E-state index is 0.182. The molecule has 0 bridgehead atoms. The van der Waals surface area contributed by atoms with Crippen molar-refractivity contribution in [3.8, 4) is 16.9 Å². The minimum Gasteiger partial charge on any atom is -0.487 e. The van der Waals surface area contributed by atoms with Crippen molar-refractivity contribution in [3.63, 3.8) is 0 Å². The number of hydrogen-bond donors (Lipinski definition) is 0. The highest BCUT2D eigenvalue weighted by Gasteiger charge is 2.24. The number of aromatic nitrogens is 1. The van der Waals surface area contributed by atoms with Gasteiger partial charge in [-0.2, -0.15) is 0 Å². The van der Waals surface area contributed by atoms with Crippen LogP contribution in [0.5, 0.6) is 5.75 Å². The Bertz CT molecular complexity index is 851. The molecule has 1 atom stereocenters. The smallest absolute Gasteiger partial charge is 0.227 e. The summed E-state index contributed by atoms with van der Waals surface area (Å²) in [4.78, 5) is 20.6. The van der Waals surface area contributed by atoms with Gasteiger partial charge in [-0.05, 0) is 55.1 Å². The molecule has 1 amide bonds. The summed E-state index contributed by atoms with van der Waals surface area (Å²) < 4.78 is 6.23. The van der Waals surface area contributed by atoms with Crippen molar-refractivity contribution in [2.75, 3.05) is 31.6 Å². The maximum absolute atomic E-state index is 11.9. The minimum atomic E-state index is 0.182. The van der Waals surface area contributed by atoms with E-state index in [1.54, 1.807) is 4.90 Å². The maximum Gasteiger partial charge on any atom is 0.227 e. The van der Waals surface area contributed by atoms with E-state index in [0.717, 1.165) is 48.5 Å². The molecule has 0 radical (unpaired) electrons. The van der Waals surface area contributed by atoms with E-state index < -0.39 is 0 Å². The second-order valence-electron chi connectivity index (χ2n) is 7.89. The zero-order valence-electron chi connectivity index (χ0n) is 16.9. The lowest BCUT2D eigenvalue weighted by Crippen LogP contribution is -2.30. The van der Waals surface area contributed by atoms with Crippen LogP contribution >= 0.6 is 0 Å². The van der Waals surface area contributed by atoms with Gasteiger partial charge in [0, 0.05) is 44.0 Å². The zero-order chi connectivity index (χ0) is 19.5. The molecule has 2 aliphatic rings. The van der Waals surface area contributed by atoms with Crippen LogP contribution in [0.4, 0.5) is 5.69 Å². The summed E-state index contributed by atoms with van der Waals surface area (Å²) in [5, 5.41) is 0. The fraction of sp³-hybridized carbons (Fsp3) is 0.478. The summed E-state index contributed by atoms with van der Waals surface area (Å²) in [7, 11) is 1.85. The molecule has 1 aromatic heterocycles. The average Bonchev–Trinajstić information content (AvgIpc) is 3.16. The fourth-order valence-corrected chi connectivity index (χ4v) is 4.15. The summed E-state index contributed by atoms with van der Waals surface area (Å²) in [5.74, 6) is 1.02. The SMILES string of the molecule is CCCCN1CCC(Oc2cncc(-c3ccc4c(c3)CCC(=O)N4C)c2)C1. The molecule has 1 aromatic carbocycles. The second kappa shape index (κ2) is 8.31. The van der Waals surface area contributed by atoms with E-state index in [9.17, 15) is 4.79 Å². The highest BCUT2D eigenvalue weighted by molar-refractivity contribution is 5.96. The van der Waals surface area contributed by atoms with Gasteiger partial charge >= 0.3 is 0 Å². The number of benzene rings is 1. The predicted octanol–water partition coefficient (Wildman–Crippen LogP) is 3.91. The first-order valence-electron chi connectivity index (χ1n) is 10.4. The molecule has 1 unspecified atom stereocenters. The first kappa shape index (κ1) is 18.9. The predicted molar refractivity (Wildman–Crippen MR) is 112 cm³/mol. The van der Waals surface area contributed by atoms with E-state index in [2.05, 4.69) is 35.0 Å². The fourth-order valence-electron chi connectivity index (χ4n) is 4.15. The summed E-state index contributed by atoms with van der Waals surface area (Å²) in [6.07, 6.45) is 8.87. The Morgan fingerprint density at radius 1 is 1.18 bits per heavy atom. The number of ether oxygens (including phenoxy) is 1. The first-order chi connectivity index (χ1) is 13.6. The van der Waals surface area contributed by atoms with Gasteiger partial charge in [0.2, 0.25) is 5.91 Å². The van der Waals surface area contributed by atoms with Gasteiger partial charge in [-0.15, -0.1) is 0 Å². The normalized spacial score (nSPS) is 19.7. The van der Waals surface area contributed by atoms with Crippen LogP contribution < -0.4 is 9.64 Å². The van der Waals surface area contributed by atoms with E-state index in [0.29, 0.717) is 6.42 Å². The number of anilines is 1. The van der Waals surface area contributed by atoms with E-state index in [1.807, 2.05) is 25.5 Å². The third-order valence-corrected chi connectivity index (χ3v) is 5.83. The van der Waals surface area contributed by atoms with Gasteiger partial charge in [-0.1, -0.05) is 19.4 Å². The Balaban J connectivity index is 1.47. The number of unbranched alkanes of at least 4 members (excludes halogenated alkanes) is 1. The Kier molecular flexibility index (Phi) is 5.62. The first-order valence-corrected chi connectivity index (χ1v) is 10.4. The lowest BCUT2D eigenvalue weighted by molar-refractivity contribution is -0.118. The van der Waals surface area contributed by atoms with Gasteiger partial charge in [0.25, 0.3) is 0 Å². The number of carbonyl (C=O) groups excluding carboxylic acids is 1. The van der Waals surface area contributed by atoms with E-state index in [1.165, 1.54) is 24.9 Å². The van der Waals surface area contributed by atoms with Gasteiger partial charge in [0.05, 0.1) is 6.20 Å². The largest absolute Gasteiger partial charge is 0.487 e. The molecule has 0 aliphatic carbocycles. The second-order valence-corrected chi connectivity index (χ2v) is 7.89. The molecule has 5 nitrogen and oxygen atoms in total. The number of pyridine rings is 1. The molecule has 2 aliphatic heterocycles. The van der Waals surface area contributed by atoms with Crippen LogP contribution in [-0.4, -0.2) is 48.6 Å². The van der Waals surface area contributed by atoms with Crippen LogP contribution in [-0.2, 0) is 11.2 Å². The van der Waals surface area contributed by atoms with Crippen molar-refractivity contribution in [2.45, 2.75) is 45.1 Å². The number of rotatable bonds is 6. The van der Waals surface area contributed by atoms with Gasteiger partial charge < -0.3 is 9.64 Å². The monoisotopic (exact) mass is 379 g/mol. The Morgan fingerprint density at radius 3 is 2.93 bits per heavy atom. The van der Waals surface area contributed by atoms with E-state index in [4.69, 9.17) is 4.74 Å². The van der Waals surface area contributed by atoms with Crippen molar-refractivity contribution < 1.29 is 9.53 Å². The number of hydrogen-bond acceptors (Lipinski definition) is 4. The average molecular weight is 380 g/mol. The maximum atomic E-state index is 11.9. The lowest BCUT2D eigenvalue weighted by Gasteiger charge is -2.26. The quantitative estimate of drug-likeness (QED) is 0.763. The molecule has 1 fully saturated rings. The third-order valence-electron chi connectivity index (χ3n) is 5.83. The van der Waals surface area contributed by atoms with Crippen molar-refractivity contribution >= 4 is 11.6 Å². The number of aryl methyl sites for hydroxylation is 1. The summed E-state index contributed by atoms with van der Waals surface area (Å²) in [6.45, 7) is 5.52. The molecular formula is C23H29N3O2. The number of carbonyl (C=O) groups is 1. The number of nitrogens with zero attached hydrogens (tertiary/aromatic N) is 3. The van der Waals surface area contributed by atoms with Crippen molar-refractivity contribution in [1.82, 2.24) is 9.88 Å².